The molecule has 0 radical (unpaired) electrons. The van der Waals surface area contributed by atoms with E-state index in [0.717, 1.165) is 5.75 Å². The molecule has 0 aliphatic heterocycles. The van der Waals surface area contributed by atoms with Crippen LogP contribution in [0, 0.1) is 0 Å². The minimum Gasteiger partial charge on any atom is -0.494 e. The maximum Gasteiger partial charge on any atom is 0.264 e. The number of anilines is 2. The number of benzene rings is 3. The monoisotopic (exact) mass is 436 g/mol. The summed E-state index contributed by atoms with van der Waals surface area (Å²) in [6.45, 7) is 6.24. The van der Waals surface area contributed by atoms with Gasteiger partial charge < -0.3 is 10.1 Å². The molecule has 0 heterocycles. The molecule has 0 aliphatic rings. The van der Waals surface area contributed by atoms with Crippen LogP contribution in [0.1, 0.15) is 17.3 Å². The van der Waals surface area contributed by atoms with E-state index in [1.54, 1.807) is 78.9 Å². The third kappa shape index (κ3) is 5.32. The molecule has 0 atom stereocenters. The molecule has 0 aliphatic carbocycles. The topological polar surface area (TPSA) is 75.7 Å². The molecule has 3 rings (SSSR count). The summed E-state index contributed by atoms with van der Waals surface area (Å²) in [7, 11) is -3.76. The summed E-state index contributed by atoms with van der Waals surface area (Å²) in [4.78, 5) is 12.7. The molecule has 0 saturated carbocycles. The summed E-state index contributed by atoms with van der Waals surface area (Å²) >= 11 is 0. The molecule has 0 saturated heterocycles. The van der Waals surface area contributed by atoms with Gasteiger partial charge in [0.05, 0.1) is 23.7 Å². The lowest BCUT2D eigenvalue weighted by Crippen LogP contribution is -2.31. The Morgan fingerprint density at radius 3 is 2.23 bits per heavy atom. The zero-order chi connectivity index (χ0) is 22.3. The van der Waals surface area contributed by atoms with Crippen LogP contribution in [-0.4, -0.2) is 27.5 Å². The first-order valence-corrected chi connectivity index (χ1v) is 11.2. The number of rotatable bonds is 9. The summed E-state index contributed by atoms with van der Waals surface area (Å²) in [5.41, 5.74) is 1.49. The lowest BCUT2D eigenvalue weighted by molar-refractivity contribution is 0.102. The van der Waals surface area contributed by atoms with Crippen LogP contribution in [0.5, 0.6) is 5.75 Å². The molecule has 1 amide bonds. The predicted molar refractivity (Wildman–Crippen MR) is 123 cm³/mol. The standard InChI is InChI=1S/C24H24N2O4S/c1-3-18-26(31(28,29)23-8-6-5-7-9-23)21-14-10-19(11-15-21)24(27)25-20-12-16-22(17-13-20)30-4-2/h3,5-17H,1,4,18H2,2H3,(H,25,27). The quantitative estimate of drug-likeness (QED) is 0.493. The zero-order valence-corrected chi connectivity index (χ0v) is 18.0. The number of carbonyl (C=O) groups is 1. The number of nitrogens with zero attached hydrogens (tertiary/aromatic N) is 1. The smallest absolute Gasteiger partial charge is 0.264 e. The van der Waals surface area contributed by atoms with Gasteiger partial charge in [0.2, 0.25) is 0 Å². The number of hydrogen-bond acceptors (Lipinski definition) is 4. The summed E-state index contributed by atoms with van der Waals surface area (Å²) in [5, 5.41) is 2.81. The second-order valence-electron chi connectivity index (χ2n) is 6.60. The molecule has 31 heavy (non-hydrogen) atoms. The van der Waals surface area contributed by atoms with Gasteiger partial charge in [-0.3, -0.25) is 9.10 Å². The molecule has 0 bridgehead atoms. The third-order valence-electron chi connectivity index (χ3n) is 4.47. The van der Waals surface area contributed by atoms with Crippen LogP contribution in [0.4, 0.5) is 11.4 Å². The maximum atomic E-state index is 13.0. The van der Waals surface area contributed by atoms with Crippen molar-refractivity contribution in [3.05, 3.63) is 97.1 Å². The average Bonchev–Trinajstić information content (AvgIpc) is 2.79. The molecule has 0 aromatic heterocycles. The molecule has 3 aromatic rings. The number of hydrogen-bond donors (Lipinski definition) is 1. The van der Waals surface area contributed by atoms with E-state index in [-0.39, 0.29) is 17.3 Å². The van der Waals surface area contributed by atoms with E-state index in [1.165, 1.54) is 10.4 Å². The predicted octanol–water partition coefficient (Wildman–Crippen LogP) is 4.72. The first kappa shape index (κ1) is 22.1. The zero-order valence-electron chi connectivity index (χ0n) is 17.2. The van der Waals surface area contributed by atoms with Gasteiger partial charge in [-0.05, 0) is 67.6 Å². The highest BCUT2D eigenvalue weighted by atomic mass is 32.2. The fourth-order valence-corrected chi connectivity index (χ4v) is 4.42. The highest BCUT2D eigenvalue weighted by Gasteiger charge is 2.24. The summed E-state index contributed by atoms with van der Waals surface area (Å²) in [6.07, 6.45) is 1.52. The normalized spacial score (nSPS) is 10.9. The Morgan fingerprint density at radius 2 is 1.65 bits per heavy atom. The van der Waals surface area contributed by atoms with Crippen LogP contribution in [0.15, 0.2) is 96.4 Å². The van der Waals surface area contributed by atoms with E-state index in [0.29, 0.717) is 23.5 Å². The van der Waals surface area contributed by atoms with Crippen LogP contribution in [0.2, 0.25) is 0 Å². The molecule has 1 N–H and O–H groups in total. The molecular weight excluding hydrogens is 412 g/mol. The first-order valence-electron chi connectivity index (χ1n) is 9.78. The number of nitrogens with one attached hydrogen (secondary N) is 1. The van der Waals surface area contributed by atoms with Gasteiger partial charge in [0, 0.05) is 11.3 Å². The van der Waals surface area contributed by atoms with Gasteiger partial charge in [-0.15, -0.1) is 6.58 Å². The molecular formula is C24H24N2O4S. The number of ether oxygens (including phenoxy) is 1. The minimum absolute atomic E-state index is 0.106. The molecule has 160 valence electrons. The fraction of sp³-hybridized carbons (Fsp3) is 0.125. The van der Waals surface area contributed by atoms with E-state index in [1.807, 2.05) is 6.92 Å². The van der Waals surface area contributed by atoms with Crippen LogP contribution >= 0.6 is 0 Å². The fourth-order valence-electron chi connectivity index (χ4n) is 2.96. The maximum absolute atomic E-state index is 13.0. The van der Waals surface area contributed by atoms with Gasteiger partial charge in [-0.1, -0.05) is 24.3 Å². The Hall–Kier alpha value is -3.58. The van der Waals surface area contributed by atoms with Gasteiger partial charge in [-0.25, -0.2) is 8.42 Å². The molecule has 3 aromatic carbocycles. The summed E-state index contributed by atoms with van der Waals surface area (Å²) in [5.74, 6) is 0.434. The van der Waals surface area contributed by atoms with Crippen molar-refractivity contribution in [1.29, 1.82) is 0 Å². The average molecular weight is 437 g/mol. The Labute approximate surface area is 182 Å². The Bertz CT molecular complexity index is 1130. The van der Waals surface area contributed by atoms with Gasteiger partial charge in [-0.2, -0.15) is 0 Å². The second kappa shape index (κ2) is 9.95. The lowest BCUT2D eigenvalue weighted by atomic mass is 10.2. The summed E-state index contributed by atoms with van der Waals surface area (Å²) in [6, 6.07) is 21.7. The lowest BCUT2D eigenvalue weighted by Gasteiger charge is -2.23. The molecule has 7 heteroatoms. The Kier molecular flexibility index (Phi) is 7.10. The molecule has 0 spiro atoms. The van der Waals surface area contributed by atoms with Crippen molar-refractivity contribution in [2.24, 2.45) is 0 Å². The van der Waals surface area contributed by atoms with Crippen molar-refractivity contribution in [2.75, 3.05) is 22.8 Å². The van der Waals surface area contributed by atoms with Gasteiger partial charge in [0.1, 0.15) is 5.75 Å². The van der Waals surface area contributed by atoms with Gasteiger partial charge >= 0.3 is 0 Å². The van der Waals surface area contributed by atoms with Crippen molar-refractivity contribution in [1.82, 2.24) is 0 Å². The highest BCUT2D eigenvalue weighted by molar-refractivity contribution is 7.92. The minimum atomic E-state index is -3.76. The van der Waals surface area contributed by atoms with Crippen molar-refractivity contribution in [3.63, 3.8) is 0 Å². The largest absolute Gasteiger partial charge is 0.494 e. The number of carbonyl (C=O) groups excluding carboxylic acids is 1. The van der Waals surface area contributed by atoms with Crippen molar-refractivity contribution in [3.8, 4) is 5.75 Å². The Morgan fingerprint density at radius 1 is 1.00 bits per heavy atom. The molecule has 0 unspecified atom stereocenters. The number of sulfonamides is 1. The molecule has 6 nitrogen and oxygen atoms in total. The van der Waals surface area contributed by atoms with Crippen molar-refractivity contribution >= 4 is 27.3 Å². The summed E-state index contributed by atoms with van der Waals surface area (Å²) < 4.78 is 32.7. The van der Waals surface area contributed by atoms with Crippen LogP contribution in [0.25, 0.3) is 0 Å². The van der Waals surface area contributed by atoms with Gasteiger partial charge in [0.15, 0.2) is 0 Å². The SMILES string of the molecule is C=CCN(c1ccc(C(=O)Nc2ccc(OCC)cc2)cc1)S(=O)(=O)c1ccccc1. The van der Waals surface area contributed by atoms with Crippen LogP contribution in [-0.2, 0) is 10.0 Å². The first-order chi connectivity index (χ1) is 15.0. The third-order valence-corrected chi connectivity index (χ3v) is 6.27. The van der Waals surface area contributed by atoms with Crippen LogP contribution in [0.3, 0.4) is 0 Å². The second-order valence-corrected chi connectivity index (χ2v) is 8.46. The Balaban J connectivity index is 1.78. The van der Waals surface area contributed by atoms with E-state index in [9.17, 15) is 13.2 Å². The van der Waals surface area contributed by atoms with E-state index in [4.69, 9.17) is 4.74 Å². The van der Waals surface area contributed by atoms with E-state index in [2.05, 4.69) is 11.9 Å². The molecule has 0 fully saturated rings. The van der Waals surface area contributed by atoms with E-state index < -0.39 is 10.0 Å². The van der Waals surface area contributed by atoms with Gasteiger partial charge in [0.25, 0.3) is 15.9 Å². The number of amides is 1. The highest BCUT2D eigenvalue weighted by Crippen LogP contribution is 2.24. The van der Waals surface area contributed by atoms with E-state index >= 15 is 0 Å². The van der Waals surface area contributed by atoms with Crippen molar-refractivity contribution in [2.45, 2.75) is 11.8 Å². The van der Waals surface area contributed by atoms with Crippen LogP contribution < -0.4 is 14.4 Å². The van der Waals surface area contributed by atoms with Crippen molar-refractivity contribution < 1.29 is 17.9 Å².